The molecule has 1 heterocycles. The van der Waals surface area contributed by atoms with E-state index in [-0.39, 0.29) is 12.5 Å². The van der Waals surface area contributed by atoms with Gasteiger partial charge in [0.15, 0.2) is 0 Å². The first kappa shape index (κ1) is 7.35. The lowest BCUT2D eigenvalue weighted by molar-refractivity contribution is 0.148. The summed E-state index contributed by atoms with van der Waals surface area (Å²) >= 11 is 1.73. The molecule has 2 atom stereocenters. The number of aliphatic hydroxyl groups is 1. The molecule has 1 N–H and O–H groups in total. The zero-order valence-corrected chi connectivity index (χ0v) is 6.03. The Bertz CT molecular complexity index is 89.1. The molecule has 1 fully saturated rings. The Balaban J connectivity index is 2.30. The molecule has 3 heteroatoms. The molecule has 0 amide bonds. The highest BCUT2D eigenvalue weighted by atomic mass is 32.2. The second kappa shape index (κ2) is 3.42. The van der Waals surface area contributed by atoms with Gasteiger partial charge in [0.25, 0.3) is 0 Å². The number of alkyl halides is 1. The van der Waals surface area contributed by atoms with E-state index in [1.165, 1.54) is 0 Å². The molecule has 9 heavy (non-hydrogen) atoms. The minimum Gasteiger partial charge on any atom is -0.396 e. The van der Waals surface area contributed by atoms with Crippen molar-refractivity contribution in [3.8, 4) is 0 Å². The molecule has 0 radical (unpaired) electrons. The normalized spacial score (nSPS) is 36.7. The van der Waals surface area contributed by atoms with E-state index in [9.17, 15) is 4.39 Å². The molecule has 1 aliphatic rings. The maximum absolute atomic E-state index is 12.7. The second-order valence-electron chi connectivity index (χ2n) is 2.32. The maximum Gasteiger partial charge on any atom is 0.107 e. The molecule has 0 aromatic rings. The van der Waals surface area contributed by atoms with Crippen LogP contribution in [0.1, 0.15) is 6.42 Å². The lowest BCUT2D eigenvalue weighted by atomic mass is 10.1. The van der Waals surface area contributed by atoms with Crippen LogP contribution in [0.3, 0.4) is 0 Å². The molecule has 0 aromatic heterocycles. The van der Waals surface area contributed by atoms with Gasteiger partial charge in [0, 0.05) is 18.3 Å². The largest absolute Gasteiger partial charge is 0.396 e. The van der Waals surface area contributed by atoms with Gasteiger partial charge in [0.2, 0.25) is 0 Å². The number of hydrogen-bond acceptors (Lipinski definition) is 2. The van der Waals surface area contributed by atoms with Crippen LogP contribution in [0.5, 0.6) is 0 Å². The Hall–Kier alpha value is 0.240. The van der Waals surface area contributed by atoms with E-state index in [0.717, 1.165) is 11.5 Å². The predicted octanol–water partition coefficient (Wildman–Crippen LogP) is 1.07. The van der Waals surface area contributed by atoms with Gasteiger partial charge < -0.3 is 5.11 Å². The van der Waals surface area contributed by atoms with Crippen LogP contribution in [-0.2, 0) is 0 Å². The summed E-state index contributed by atoms with van der Waals surface area (Å²) in [6, 6.07) is 0. The van der Waals surface area contributed by atoms with E-state index >= 15 is 0 Å². The summed E-state index contributed by atoms with van der Waals surface area (Å²) in [5.41, 5.74) is 0. The van der Waals surface area contributed by atoms with Crippen molar-refractivity contribution in [3.05, 3.63) is 0 Å². The lowest BCUT2D eigenvalue weighted by Gasteiger charge is -2.22. The molecular formula is C6H11FOS. The Labute approximate surface area is 58.6 Å². The lowest BCUT2D eigenvalue weighted by Crippen LogP contribution is -2.26. The summed E-state index contributed by atoms with van der Waals surface area (Å²) in [5.74, 6) is 1.61. The van der Waals surface area contributed by atoms with Gasteiger partial charge in [-0.3, -0.25) is 0 Å². The van der Waals surface area contributed by atoms with Gasteiger partial charge >= 0.3 is 0 Å². The minimum absolute atomic E-state index is 0.00810. The van der Waals surface area contributed by atoms with Crippen molar-refractivity contribution in [3.63, 3.8) is 0 Å². The van der Waals surface area contributed by atoms with E-state index in [0.29, 0.717) is 6.42 Å². The molecule has 1 aliphatic heterocycles. The standard InChI is InChI=1S/C6H11FOS/c7-6-1-2-9-4-5(6)3-8/h5-6,8H,1-4H2/t5-,6-/m1/s1. The fourth-order valence-electron chi connectivity index (χ4n) is 0.938. The Morgan fingerprint density at radius 2 is 2.44 bits per heavy atom. The molecule has 0 unspecified atom stereocenters. The summed E-state index contributed by atoms with van der Waals surface area (Å²) in [7, 11) is 0. The molecular weight excluding hydrogens is 139 g/mol. The molecule has 0 saturated carbocycles. The highest BCUT2D eigenvalue weighted by Crippen LogP contribution is 2.24. The summed E-state index contributed by atoms with van der Waals surface area (Å²) in [6.07, 6.45) is -0.133. The number of thioether (sulfide) groups is 1. The number of hydrogen-bond donors (Lipinski definition) is 1. The molecule has 0 aliphatic carbocycles. The number of halogens is 1. The summed E-state index contributed by atoms with van der Waals surface area (Å²) < 4.78 is 12.7. The Kier molecular flexibility index (Phi) is 2.79. The van der Waals surface area contributed by atoms with Gasteiger partial charge in [0.05, 0.1) is 0 Å². The molecule has 1 rings (SSSR count). The van der Waals surface area contributed by atoms with Crippen molar-refractivity contribution >= 4 is 11.8 Å². The third-order valence-corrected chi connectivity index (χ3v) is 2.80. The fraction of sp³-hybridized carbons (Fsp3) is 1.00. The van der Waals surface area contributed by atoms with Gasteiger partial charge in [-0.2, -0.15) is 11.8 Å². The van der Waals surface area contributed by atoms with E-state index < -0.39 is 6.17 Å². The van der Waals surface area contributed by atoms with E-state index in [1.807, 2.05) is 0 Å². The quantitative estimate of drug-likeness (QED) is 0.603. The first-order valence-electron chi connectivity index (χ1n) is 3.17. The van der Waals surface area contributed by atoms with E-state index in [2.05, 4.69) is 0 Å². The Morgan fingerprint density at radius 1 is 1.67 bits per heavy atom. The third kappa shape index (κ3) is 1.83. The van der Waals surface area contributed by atoms with Gasteiger partial charge in [-0.15, -0.1) is 0 Å². The summed E-state index contributed by atoms with van der Waals surface area (Å²) in [4.78, 5) is 0. The smallest absolute Gasteiger partial charge is 0.107 e. The van der Waals surface area contributed by atoms with Gasteiger partial charge in [0.1, 0.15) is 6.17 Å². The van der Waals surface area contributed by atoms with Crippen molar-refractivity contribution in [2.45, 2.75) is 12.6 Å². The minimum atomic E-state index is -0.753. The Morgan fingerprint density at radius 3 is 2.89 bits per heavy atom. The fourth-order valence-corrected chi connectivity index (χ4v) is 2.11. The van der Waals surface area contributed by atoms with Crippen LogP contribution < -0.4 is 0 Å². The van der Waals surface area contributed by atoms with Gasteiger partial charge in [-0.25, -0.2) is 4.39 Å². The molecule has 0 bridgehead atoms. The molecule has 54 valence electrons. The predicted molar refractivity (Wildman–Crippen MR) is 37.4 cm³/mol. The average molecular weight is 150 g/mol. The average Bonchev–Trinajstić information content (AvgIpc) is 1.89. The van der Waals surface area contributed by atoms with Gasteiger partial charge in [-0.05, 0) is 12.2 Å². The summed E-state index contributed by atoms with van der Waals surface area (Å²) in [5, 5.41) is 8.61. The third-order valence-electron chi connectivity index (χ3n) is 1.62. The summed E-state index contributed by atoms with van der Waals surface area (Å²) in [6.45, 7) is 0.00810. The van der Waals surface area contributed by atoms with E-state index in [4.69, 9.17) is 5.11 Å². The van der Waals surface area contributed by atoms with Crippen LogP contribution in [0.15, 0.2) is 0 Å². The number of rotatable bonds is 1. The highest BCUT2D eigenvalue weighted by Gasteiger charge is 2.23. The second-order valence-corrected chi connectivity index (χ2v) is 3.47. The van der Waals surface area contributed by atoms with Crippen molar-refractivity contribution in [1.82, 2.24) is 0 Å². The van der Waals surface area contributed by atoms with Crippen LogP contribution in [0.25, 0.3) is 0 Å². The maximum atomic E-state index is 12.7. The first-order valence-corrected chi connectivity index (χ1v) is 4.32. The van der Waals surface area contributed by atoms with Crippen molar-refractivity contribution in [2.24, 2.45) is 5.92 Å². The zero-order valence-electron chi connectivity index (χ0n) is 5.22. The SMILES string of the molecule is OC[C@@H]1CSCC[C@H]1F. The molecule has 0 aromatic carbocycles. The zero-order chi connectivity index (χ0) is 6.69. The number of aliphatic hydroxyl groups excluding tert-OH is 1. The van der Waals surface area contributed by atoms with Gasteiger partial charge in [-0.1, -0.05) is 0 Å². The van der Waals surface area contributed by atoms with E-state index in [1.54, 1.807) is 11.8 Å². The topological polar surface area (TPSA) is 20.2 Å². The monoisotopic (exact) mass is 150 g/mol. The van der Waals surface area contributed by atoms with Crippen LogP contribution in [0, 0.1) is 5.92 Å². The molecule has 1 nitrogen and oxygen atoms in total. The van der Waals surface area contributed by atoms with Crippen molar-refractivity contribution in [2.75, 3.05) is 18.1 Å². The van der Waals surface area contributed by atoms with Crippen molar-refractivity contribution in [1.29, 1.82) is 0 Å². The molecule has 1 saturated heterocycles. The first-order chi connectivity index (χ1) is 4.34. The van der Waals surface area contributed by atoms with Crippen LogP contribution >= 0.6 is 11.8 Å². The van der Waals surface area contributed by atoms with Crippen LogP contribution in [0.4, 0.5) is 4.39 Å². The molecule has 0 spiro atoms. The van der Waals surface area contributed by atoms with Crippen molar-refractivity contribution < 1.29 is 9.50 Å². The van der Waals surface area contributed by atoms with Crippen LogP contribution in [-0.4, -0.2) is 29.4 Å². The van der Waals surface area contributed by atoms with Crippen LogP contribution in [0.2, 0.25) is 0 Å². The highest BCUT2D eigenvalue weighted by molar-refractivity contribution is 7.99.